The van der Waals surface area contributed by atoms with Crippen molar-refractivity contribution in [2.45, 2.75) is 18.9 Å². The van der Waals surface area contributed by atoms with E-state index in [4.69, 9.17) is 10.5 Å². The molecule has 0 amide bonds. The monoisotopic (exact) mass is 222 g/mol. The Kier molecular flexibility index (Phi) is 4.31. The maximum atomic E-state index is 11.7. The molecule has 0 bridgehead atoms. The number of nitrogens with two attached hydrogens (primary N) is 1. The lowest BCUT2D eigenvalue weighted by Gasteiger charge is -2.15. The zero-order valence-electron chi connectivity index (χ0n) is 8.48. The number of sulfonamides is 1. The second-order valence-corrected chi connectivity index (χ2v) is 5.55. The molecule has 84 valence electrons. The van der Waals surface area contributed by atoms with Crippen LogP contribution in [0.2, 0.25) is 0 Å². The molecule has 1 rings (SSSR count). The van der Waals surface area contributed by atoms with Gasteiger partial charge in [-0.15, -0.1) is 0 Å². The second kappa shape index (κ2) is 5.06. The van der Waals surface area contributed by atoms with Crippen LogP contribution >= 0.6 is 0 Å². The molecule has 6 heteroatoms. The summed E-state index contributed by atoms with van der Waals surface area (Å²) < 4.78 is 29.9. The van der Waals surface area contributed by atoms with Gasteiger partial charge in [0, 0.05) is 20.2 Å². The predicted molar refractivity (Wildman–Crippen MR) is 54.4 cm³/mol. The van der Waals surface area contributed by atoms with E-state index in [0.717, 1.165) is 6.42 Å². The molecule has 1 heterocycles. The molecule has 1 saturated heterocycles. The van der Waals surface area contributed by atoms with Gasteiger partial charge >= 0.3 is 0 Å². The highest BCUT2D eigenvalue weighted by molar-refractivity contribution is 7.89. The van der Waals surface area contributed by atoms with E-state index < -0.39 is 10.0 Å². The van der Waals surface area contributed by atoms with E-state index in [1.807, 2.05) is 0 Å². The highest BCUT2D eigenvalue weighted by Gasteiger charge is 2.30. The van der Waals surface area contributed by atoms with E-state index in [0.29, 0.717) is 26.1 Å². The summed E-state index contributed by atoms with van der Waals surface area (Å²) in [7, 11) is -1.48. The Bertz CT molecular complexity index is 266. The minimum absolute atomic E-state index is 0.0580. The number of nitrogens with zero attached hydrogens (tertiary/aromatic N) is 1. The molecule has 1 aliphatic rings. The fourth-order valence-electron chi connectivity index (χ4n) is 1.54. The first-order valence-electron chi connectivity index (χ1n) is 4.81. The Labute approximate surface area is 85.3 Å². The summed E-state index contributed by atoms with van der Waals surface area (Å²) in [5, 5.41) is 0. The number of hydrogen-bond donors (Lipinski definition) is 1. The van der Waals surface area contributed by atoms with Crippen LogP contribution in [0.25, 0.3) is 0 Å². The Morgan fingerprint density at radius 3 is 2.79 bits per heavy atom. The van der Waals surface area contributed by atoms with E-state index in [1.54, 1.807) is 7.11 Å². The quantitative estimate of drug-likeness (QED) is 0.673. The maximum Gasteiger partial charge on any atom is 0.214 e. The van der Waals surface area contributed by atoms with Crippen molar-refractivity contribution >= 4 is 10.0 Å². The number of methoxy groups -OCH3 is 1. The molecule has 1 unspecified atom stereocenters. The molecule has 0 aromatic rings. The topological polar surface area (TPSA) is 72.6 Å². The minimum atomic E-state index is -3.09. The standard InChI is InChI=1S/C8H18N2O3S/c1-13-8-3-5-10(7-8)14(11,12)6-2-4-9/h8H,2-7,9H2,1H3. The smallest absolute Gasteiger partial charge is 0.214 e. The summed E-state index contributed by atoms with van der Waals surface area (Å²) in [5.74, 6) is 0.153. The van der Waals surface area contributed by atoms with Gasteiger partial charge in [-0.05, 0) is 19.4 Å². The van der Waals surface area contributed by atoms with Gasteiger partial charge < -0.3 is 10.5 Å². The molecule has 14 heavy (non-hydrogen) atoms. The van der Waals surface area contributed by atoms with Gasteiger partial charge in [0.05, 0.1) is 11.9 Å². The molecule has 1 aliphatic heterocycles. The number of rotatable bonds is 5. The summed E-state index contributed by atoms with van der Waals surface area (Å²) in [6.45, 7) is 1.48. The lowest BCUT2D eigenvalue weighted by Crippen LogP contribution is -2.32. The first-order chi connectivity index (χ1) is 6.60. The SMILES string of the molecule is COC1CCN(S(=O)(=O)CCCN)C1. The average Bonchev–Trinajstić information content (AvgIpc) is 2.63. The van der Waals surface area contributed by atoms with Crippen LogP contribution in [0.4, 0.5) is 0 Å². The van der Waals surface area contributed by atoms with Crippen molar-refractivity contribution in [1.29, 1.82) is 0 Å². The Hall–Kier alpha value is -0.170. The van der Waals surface area contributed by atoms with Crippen molar-refractivity contribution < 1.29 is 13.2 Å². The van der Waals surface area contributed by atoms with E-state index in [2.05, 4.69) is 0 Å². The molecule has 0 aromatic carbocycles. The first-order valence-corrected chi connectivity index (χ1v) is 6.41. The van der Waals surface area contributed by atoms with Crippen molar-refractivity contribution in [2.75, 3.05) is 32.5 Å². The highest BCUT2D eigenvalue weighted by Crippen LogP contribution is 2.16. The fourth-order valence-corrected chi connectivity index (χ4v) is 3.10. The van der Waals surface area contributed by atoms with Crippen molar-refractivity contribution in [1.82, 2.24) is 4.31 Å². The fraction of sp³-hybridized carbons (Fsp3) is 1.00. The van der Waals surface area contributed by atoms with Gasteiger partial charge in [0.15, 0.2) is 0 Å². The zero-order valence-corrected chi connectivity index (χ0v) is 9.29. The van der Waals surface area contributed by atoms with Gasteiger partial charge in [0.2, 0.25) is 10.0 Å². The molecule has 0 radical (unpaired) electrons. The predicted octanol–water partition coefficient (Wildman–Crippen LogP) is -0.614. The van der Waals surface area contributed by atoms with Crippen LogP contribution in [0.1, 0.15) is 12.8 Å². The van der Waals surface area contributed by atoms with Gasteiger partial charge in [-0.2, -0.15) is 4.31 Å². The molecular weight excluding hydrogens is 204 g/mol. The molecule has 1 fully saturated rings. The molecule has 1 atom stereocenters. The molecule has 2 N–H and O–H groups in total. The first kappa shape index (κ1) is 11.9. The van der Waals surface area contributed by atoms with Crippen LogP contribution in [0.5, 0.6) is 0 Å². The van der Waals surface area contributed by atoms with Crippen LogP contribution in [-0.4, -0.2) is 51.3 Å². The van der Waals surface area contributed by atoms with Crippen LogP contribution in [0.3, 0.4) is 0 Å². The maximum absolute atomic E-state index is 11.7. The van der Waals surface area contributed by atoms with Gasteiger partial charge in [-0.3, -0.25) is 0 Å². The molecule has 0 aromatic heterocycles. The lowest BCUT2D eigenvalue weighted by atomic mass is 10.3. The third-order valence-corrected chi connectivity index (χ3v) is 4.36. The van der Waals surface area contributed by atoms with Crippen molar-refractivity contribution in [3.8, 4) is 0 Å². The minimum Gasteiger partial charge on any atom is -0.380 e. The average molecular weight is 222 g/mol. The second-order valence-electron chi connectivity index (χ2n) is 3.46. The summed E-state index contributed by atoms with van der Waals surface area (Å²) in [5.41, 5.74) is 5.28. The molecular formula is C8H18N2O3S. The molecule has 5 nitrogen and oxygen atoms in total. The van der Waals surface area contributed by atoms with E-state index in [-0.39, 0.29) is 11.9 Å². The highest BCUT2D eigenvalue weighted by atomic mass is 32.2. The van der Waals surface area contributed by atoms with Gasteiger partial charge in [-0.25, -0.2) is 8.42 Å². The van der Waals surface area contributed by atoms with Crippen molar-refractivity contribution in [3.05, 3.63) is 0 Å². The van der Waals surface area contributed by atoms with Gasteiger partial charge in [0.1, 0.15) is 0 Å². The van der Waals surface area contributed by atoms with Crippen molar-refractivity contribution in [2.24, 2.45) is 5.73 Å². The van der Waals surface area contributed by atoms with Gasteiger partial charge in [-0.1, -0.05) is 0 Å². The Morgan fingerprint density at radius 2 is 2.29 bits per heavy atom. The summed E-state index contributed by atoms with van der Waals surface area (Å²) >= 11 is 0. The number of ether oxygens (including phenoxy) is 1. The third-order valence-electron chi connectivity index (χ3n) is 2.44. The Morgan fingerprint density at radius 1 is 1.57 bits per heavy atom. The van der Waals surface area contributed by atoms with Crippen LogP contribution in [0.15, 0.2) is 0 Å². The normalized spacial score (nSPS) is 24.3. The third kappa shape index (κ3) is 2.91. The van der Waals surface area contributed by atoms with Gasteiger partial charge in [0.25, 0.3) is 0 Å². The van der Waals surface area contributed by atoms with E-state index in [9.17, 15) is 8.42 Å². The van der Waals surface area contributed by atoms with Crippen molar-refractivity contribution in [3.63, 3.8) is 0 Å². The van der Waals surface area contributed by atoms with Crippen LogP contribution in [0, 0.1) is 0 Å². The molecule has 0 aliphatic carbocycles. The van der Waals surface area contributed by atoms with E-state index >= 15 is 0 Å². The van der Waals surface area contributed by atoms with Crippen LogP contribution < -0.4 is 5.73 Å². The summed E-state index contributed by atoms with van der Waals surface area (Å²) in [6, 6.07) is 0. The summed E-state index contributed by atoms with van der Waals surface area (Å²) in [4.78, 5) is 0. The van der Waals surface area contributed by atoms with E-state index in [1.165, 1.54) is 4.31 Å². The summed E-state index contributed by atoms with van der Waals surface area (Å²) in [6.07, 6.45) is 1.37. The number of hydrogen-bond acceptors (Lipinski definition) is 4. The zero-order chi connectivity index (χ0) is 10.6. The molecule has 0 spiro atoms. The molecule has 0 saturated carbocycles. The Balaban J connectivity index is 2.49. The van der Waals surface area contributed by atoms with Crippen LogP contribution in [-0.2, 0) is 14.8 Å². The lowest BCUT2D eigenvalue weighted by molar-refractivity contribution is 0.115. The largest absolute Gasteiger partial charge is 0.380 e.